The van der Waals surface area contributed by atoms with E-state index in [2.05, 4.69) is 4.98 Å². The third kappa shape index (κ3) is 4.01. The summed E-state index contributed by atoms with van der Waals surface area (Å²) in [7, 11) is 0. The van der Waals surface area contributed by atoms with Crippen LogP contribution in [0.1, 0.15) is 24.8 Å². The van der Waals surface area contributed by atoms with Gasteiger partial charge in [-0.2, -0.15) is 0 Å². The Labute approximate surface area is 113 Å². The predicted octanol–water partition coefficient (Wildman–Crippen LogP) is 0.938. The second-order valence-corrected chi connectivity index (χ2v) is 4.76. The third-order valence-electron chi connectivity index (χ3n) is 3.25. The first-order valence-corrected chi connectivity index (χ1v) is 6.80. The molecule has 1 fully saturated rings. The molecule has 0 spiro atoms. The Hall–Kier alpha value is -1.46. The molecule has 0 bridgehead atoms. The zero-order chi connectivity index (χ0) is 13.5. The first-order valence-electron chi connectivity index (χ1n) is 6.80. The van der Waals surface area contributed by atoms with Crippen LogP contribution in [0.2, 0.25) is 0 Å². The summed E-state index contributed by atoms with van der Waals surface area (Å²) in [6, 6.07) is 3.86. The molecule has 19 heavy (non-hydrogen) atoms. The highest BCUT2D eigenvalue weighted by molar-refractivity contribution is 5.81. The lowest BCUT2D eigenvalue weighted by atomic mass is 10.2. The van der Waals surface area contributed by atoms with Gasteiger partial charge in [0.05, 0.1) is 0 Å². The van der Waals surface area contributed by atoms with Gasteiger partial charge in [-0.1, -0.05) is 6.07 Å². The lowest BCUT2D eigenvalue weighted by molar-refractivity contribution is -0.141. The van der Waals surface area contributed by atoms with Gasteiger partial charge in [0.1, 0.15) is 6.10 Å². The van der Waals surface area contributed by atoms with Crippen molar-refractivity contribution in [2.45, 2.75) is 31.9 Å². The van der Waals surface area contributed by atoms with Crippen molar-refractivity contribution in [1.29, 1.82) is 0 Å². The number of nitrogens with two attached hydrogens (primary N) is 1. The van der Waals surface area contributed by atoms with Crippen molar-refractivity contribution in [3.63, 3.8) is 0 Å². The van der Waals surface area contributed by atoms with Crippen molar-refractivity contribution in [3.8, 4) is 0 Å². The van der Waals surface area contributed by atoms with E-state index < -0.39 is 0 Å². The van der Waals surface area contributed by atoms with Gasteiger partial charge in [-0.25, -0.2) is 0 Å². The number of pyridine rings is 1. The van der Waals surface area contributed by atoms with Gasteiger partial charge in [0, 0.05) is 32.1 Å². The SMILES string of the molecule is NCCCN(Cc1cccnc1)C(=O)C1CCCO1. The summed E-state index contributed by atoms with van der Waals surface area (Å²) < 4.78 is 5.48. The van der Waals surface area contributed by atoms with E-state index in [-0.39, 0.29) is 12.0 Å². The van der Waals surface area contributed by atoms with Crippen LogP contribution in [-0.4, -0.2) is 41.6 Å². The number of carbonyl (C=O) groups excluding carboxylic acids is 1. The highest BCUT2D eigenvalue weighted by Crippen LogP contribution is 2.16. The Morgan fingerprint density at radius 1 is 1.58 bits per heavy atom. The van der Waals surface area contributed by atoms with Crippen molar-refractivity contribution in [3.05, 3.63) is 30.1 Å². The molecule has 1 saturated heterocycles. The van der Waals surface area contributed by atoms with Crippen LogP contribution in [0.4, 0.5) is 0 Å². The van der Waals surface area contributed by atoms with E-state index in [1.54, 1.807) is 12.4 Å². The number of hydrogen-bond acceptors (Lipinski definition) is 4. The summed E-state index contributed by atoms with van der Waals surface area (Å²) in [6.07, 6.45) is 5.85. The number of aromatic nitrogens is 1. The van der Waals surface area contributed by atoms with E-state index in [1.165, 1.54) is 0 Å². The molecule has 0 aliphatic carbocycles. The number of nitrogens with zero attached hydrogens (tertiary/aromatic N) is 2. The molecule has 1 aliphatic heterocycles. The van der Waals surface area contributed by atoms with Crippen LogP contribution in [0.5, 0.6) is 0 Å². The molecular weight excluding hydrogens is 242 g/mol. The van der Waals surface area contributed by atoms with E-state index in [4.69, 9.17) is 10.5 Å². The Balaban J connectivity index is 2.00. The fraction of sp³-hybridized carbons (Fsp3) is 0.571. The average molecular weight is 263 g/mol. The summed E-state index contributed by atoms with van der Waals surface area (Å²) in [5, 5.41) is 0. The summed E-state index contributed by atoms with van der Waals surface area (Å²) in [5.41, 5.74) is 6.58. The van der Waals surface area contributed by atoms with E-state index in [0.717, 1.165) is 24.8 Å². The van der Waals surface area contributed by atoms with Gasteiger partial charge in [-0.15, -0.1) is 0 Å². The molecule has 5 heteroatoms. The molecule has 1 aromatic heterocycles. The molecule has 1 aromatic rings. The second kappa shape index (κ2) is 7.21. The maximum atomic E-state index is 12.4. The quantitative estimate of drug-likeness (QED) is 0.829. The molecule has 2 rings (SSSR count). The highest BCUT2D eigenvalue weighted by atomic mass is 16.5. The molecule has 1 aliphatic rings. The standard InChI is InChI=1S/C14H21N3O2/c15-6-3-8-17(11-12-4-1-7-16-10-12)14(18)13-5-2-9-19-13/h1,4,7,10,13H,2-3,5-6,8-9,11,15H2. The monoisotopic (exact) mass is 263 g/mol. The van der Waals surface area contributed by atoms with Gasteiger partial charge >= 0.3 is 0 Å². The zero-order valence-electron chi connectivity index (χ0n) is 11.1. The van der Waals surface area contributed by atoms with E-state index >= 15 is 0 Å². The normalized spacial score (nSPS) is 18.5. The van der Waals surface area contributed by atoms with Crippen molar-refractivity contribution in [2.75, 3.05) is 19.7 Å². The summed E-state index contributed by atoms with van der Waals surface area (Å²) in [5.74, 6) is 0.0785. The minimum atomic E-state index is -0.269. The Bertz CT molecular complexity index is 391. The van der Waals surface area contributed by atoms with Crippen molar-refractivity contribution < 1.29 is 9.53 Å². The van der Waals surface area contributed by atoms with Crippen LogP contribution in [-0.2, 0) is 16.1 Å². The molecule has 0 aromatic carbocycles. The molecule has 1 unspecified atom stereocenters. The van der Waals surface area contributed by atoms with Gasteiger partial charge in [0.2, 0.25) is 0 Å². The fourth-order valence-electron chi connectivity index (χ4n) is 2.24. The van der Waals surface area contributed by atoms with Gasteiger partial charge in [0.15, 0.2) is 0 Å². The Kier molecular flexibility index (Phi) is 5.30. The van der Waals surface area contributed by atoms with Crippen LogP contribution in [0.25, 0.3) is 0 Å². The number of rotatable bonds is 6. The minimum absolute atomic E-state index is 0.0785. The van der Waals surface area contributed by atoms with Crippen LogP contribution in [0.15, 0.2) is 24.5 Å². The lowest BCUT2D eigenvalue weighted by Crippen LogP contribution is -2.39. The highest BCUT2D eigenvalue weighted by Gasteiger charge is 2.27. The molecule has 104 valence electrons. The molecule has 5 nitrogen and oxygen atoms in total. The smallest absolute Gasteiger partial charge is 0.252 e. The third-order valence-corrected chi connectivity index (χ3v) is 3.25. The first-order chi connectivity index (χ1) is 9.31. The molecule has 2 heterocycles. The molecule has 1 atom stereocenters. The number of amides is 1. The van der Waals surface area contributed by atoms with Crippen molar-refractivity contribution in [1.82, 2.24) is 9.88 Å². The topological polar surface area (TPSA) is 68.5 Å². The number of ether oxygens (including phenoxy) is 1. The largest absolute Gasteiger partial charge is 0.368 e. The molecule has 0 radical (unpaired) electrons. The molecular formula is C14H21N3O2. The van der Waals surface area contributed by atoms with Crippen molar-refractivity contribution in [2.24, 2.45) is 5.73 Å². The molecule has 0 saturated carbocycles. The summed E-state index contributed by atoms with van der Waals surface area (Å²) in [4.78, 5) is 18.3. The number of carbonyl (C=O) groups is 1. The molecule has 2 N–H and O–H groups in total. The Morgan fingerprint density at radius 3 is 3.11 bits per heavy atom. The minimum Gasteiger partial charge on any atom is -0.368 e. The lowest BCUT2D eigenvalue weighted by Gasteiger charge is -2.25. The molecule has 1 amide bonds. The summed E-state index contributed by atoms with van der Waals surface area (Å²) >= 11 is 0. The second-order valence-electron chi connectivity index (χ2n) is 4.76. The summed E-state index contributed by atoms with van der Waals surface area (Å²) in [6.45, 7) is 2.52. The average Bonchev–Trinajstić information content (AvgIpc) is 2.98. The predicted molar refractivity (Wildman–Crippen MR) is 72.3 cm³/mol. The van der Waals surface area contributed by atoms with Crippen LogP contribution in [0, 0.1) is 0 Å². The zero-order valence-corrected chi connectivity index (χ0v) is 11.1. The van der Waals surface area contributed by atoms with Gasteiger partial charge in [0.25, 0.3) is 5.91 Å². The van der Waals surface area contributed by atoms with Gasteiger partial charge in [-0.05, 0) is 37.4 Å². The van der Waals surface area contributed by atoms with E-state index in [1.807, 2.05) is 17.0 Å². The van der Waals surface area contributed by atoms with Gasteiger partial charge < -0.3 is 15.4 Å². The first kappa shape index (κ1) is 14.0. The van der Waals surface area contributed by atoms with E-state index in [0.29, 0.717) is 26.2 Å². The van der Waals surface area contributed by atoms with Gasteiger partial charge in [-0.3, -0.25) is 9.78 Å². The Morgan fingerprint density at radius 2 is 2.47 bits per heavy atom. The van der Waals surface area contributed by atoms with E-state index in [9.17, 15) is 4.79 Å². The fourth-order valence-corrected chi connectivity index (χ4v) is 2.24. The maximum absolute atomic E-state index is 12.4. The van der Waals surface area contributed by atoms with Crippen LogP contribution >= 0.6 is 0 Å². The van der Waals surface area contributed by atoms with Crippen LogP contribution in [0.3, 0.4) is 0 Å². The van der Waals surface area contributed by atoms with Crippen LogP contribution < -0.4 is 5.73 Å². The number of hydrogen-bond donors (Lipinski definition) is 1. The van der Waals surface area contributed by atoms with Crippen molar-refractivity contribution >= 4 is 5.91 Å². The maximum Gasteiger partial charge on any atom is 0.252 e.